The van der Waals surface area contributed by atoms with Crippen LogP contribution in [-0.4, -0.2) is 29.7 Å². The molecule has 3 aromatic heterocycles. The topological polar surface area (TPSA) is 69.4 Å². The second-order valence-electron chi connectivity index (χ2n) is 4.87. The standard InChI is InChI=1S/C17H12N6/c1-2-9-19-16(3-1)17-20-10-8-15(22-17)13-4-6-14(7-5-13)23-12-18-11-21-23/h1-12H. The molecule has 0 aliphatic carbocycles. The number of hydrogen-bond donors (Lipinski definition) is 0. The van der Waals surface area contributed by atoms with Gasteiger partial charge < -0.3 is 0 Å². The molecule has 0 bridgehead atoms. The van der Waals surface area contributed by atoms with Crippen LogP contribution >= 0.6 is 0 Å². The minimum absolute atomic E-state index is 0.614. The average Bonchev–Trinajstić information content (AvgIpc) is 3.17. The number of benzene rings is 1. The zero-order valence-electron chi connectivity index (χ0n) is 12.1. The van der Waals surface area contributed by atoms with Crippen molar-refractivity contribution in [3.63, 3.8) is 0 Å². The van der Waals surface area contributed by atoms with Gasteiger partial charge in [0.15, 0.2) is 5.82 Å². The Bertz CT molecular complexity index is 901. The van der Waals surface area contributed by atoms with Crippen molar-refractivity contribution in [2.75, 3.05) is 0 Å². The highest BCUT2D eigenvalue weighted by atomic mass is 15.3. The third-order valence-corrected chi connectivity index (χ3v) is 3.40. The molecule has 23 heavy (non-hydrogen) atoms. The molecule has 0 amide bonds. The molecule has 4 aromatic rings. The van der Waals surface area contributed by atoms with Crippen LogP contribution in [0.25, 0.3) is 28.5 Å². The van der Waals surface area contributed by atoms with E-state index in [9.17, 15) is 0 Å². The molecule has 6 heteroatoms. The number of nitrogens with zero attached hydrogens (tertiary/aromatic N) is 6. The molecule has 0 atom stereocenters. The third-order valence-electron chi connectivity index (χ3n) is 3.40. The maximum absolute atomic E-state index is 4.60. The highest BCUT2D eigenvalue weighted by molar-refractivity contribution is 5.63. The van der Waals surface area contributed by atoms with E-state index in [1.807, 2.05) is 48.5 Å². The van der Waals surface area contributed by atoms with Crippen LogP contribution in [0, 0.1) is 0 Å². The molecule has 3 heterocycles. The van der Waals surface area contributed by atoms with Crippen molar-refractivity contribution in [1.29, 1.82) is 0 Å². The Kier molecular flexibility index (Phi) is 3.32. The summed E-state index contributed by atoms with van der Waals surface area (Å²) < 4.78 is 1.71. The average molecular weight is 300 g/mol. The Morgan fingerprint density at radius 2 is 1.70 bits per heavy atom. The van der Waals surface area contributed by atoms with Crippen LogP contribution in [0.1, 0.15) is 0 Å². The maximum atomic E-state index is 4.60. The lowest BCUT2D eigenvalue weighted by Crippen LogP contribution is -1.95. The fourth-order valence-electron chi connectivity index (χ4n) is 2.26. The molecular formula is C17H12N6. The molecule has 0 N–H and O–H groups in total. The normalized spacial score (nSPS) is 10.6. The zero-order chi connectivity index (χ0) is 15.5. The smallest absolute Gasteiger partial charge is 0.178 e. The lowest BCUT2D eigenvalue weighted by atomic mass is 10.1. The maximum Gasteiger partial charge on any atom is 0.178 e. The molecule has 0 saturated heterocycles. The van der Waals surface area contributed by atoms with E-state index in [0.29, 0.717) is 5.82 Å². The van der Waals surface area contributed by atoms with Gasteiger partial charge >= 0.3 is 0 Å². The Hall–Kier alpha value is -3.41. The Morgan fingerprint density at radius 1 is 0.783 bits per heavy atom. The molecule has 0 aliphatic heterocycles. The number of aromatic nitrogens is 6. The van der Waals surface area contributed by atoms with Crippen molar-refractivity contribution in [2.24, 2.45) is 0 Å². The quantitative estimate of drug-likeness (QED) is 0.582. The van der Waals surface area contributed by atoms with Crippen LogP contribution < -0.4 is 0 Å². The Labute approximate surface area is 132 Å². The predicted molar refractivity (Wildman–Crippen MR) is 85.6 cm³/mol. The summed E-state index contributed by atoms with van der Waals surface area (Å²) in [4.78, 5) is 17.1. The van der Waals surface area contributed by atoms with Gasteiger partial charge in [0.1, 0.15) is 18.3 Å². The van der Waals surface area contributed by atoms with Gasteiger partial charge in [-0.05, 0) is 30.3 Å². The summed E-state index contributed by atoms with van der Waals surface area (Å²) in [7, 11) is 0. The number of pyridine rings is 1. The molecule has 6 nitrogen and oxygen atoms in total. The van der Waals surface area contributed by atoms with Crippen LogP contribution in [0.5, 0.6) is 0 Å². The largest absolute Gasteiger partial charge is 0.253 e. The summed E-state index contributed by atoms with van der Waals surface area (Å²) in [6.45, 7) is 0. The number of rotatable bonds is 3. The summed E-state index contributed by atoms with van der Waals surface area (Å²) in [5.74, 6) is 0.614. The van der Waals surface area contributed by atoms with Gasteiger partial charge in [0.25, 0.3) is 0 Å². The third kappa shape index (κ3) is 2.69. The van der Waals surface area contributed by atoms with Gasteiger partial charge in [-0.25, -0.2) is 19.6 Å². The molecule has 1 aromatic carbocycles. The zero-order valence-corrected chi connectivity index (χ0v) is 12.1. The van der Waals surface area contributed by atoms with E-state index in [4.69, 9.17) is 0 Å². The van der Waals surface area contributed by atoms with Crippen molar-refractivity contribution < 1.29 is 0 Å². The summed E-state index contributed by atoms with van der Waals surface area (Å²) in [5, 5.41) is 4.11. The van der Waals surface area contributed by atoms with Crippen LogP contribution in [0.3, 0.4) is 0 Å². The summed E-state index contributed by atoms with van der Waals surface area (Å²) in [6, 6.07) is 15.5. The highest BCUT2D eigenvalue weighted by Crippen LogP contribution is 2.21. The van der Waals surface area contributed by atoms with Crippen LogP contribution in [0.4, 0.5) is 0 Å². The molecule has 110 valence electrons. The second-order valence-corrected chi connectivity index (χ2v) is 4.87. The van der Waals surface area contributed by atoms with Crippen LogP contribution in [0.2, 0.25) is 0 Å². The van der Waals surface area contributed by atoms with Crippen molar-refractivity contribution >= 4 is 0 Å². The monoisotopic (exact) mass is 300 g/mol. The second kappa shape index (κ2) is 5.76. The van der Waals surface area contributed by atoms with E-state index < -0.39 is 0 Å². The van der Waals surface area contributed by atoms with Gasteiger partial charge in [0.05, 0.1) is 11.4 Å². The molecule has 0 fully saturated rings. The molecule has 0 unspecified atom stereocenters. The molecule has 4 rings (SSSR count). The summed E-state index contributed by atoms with van der Waals surface area (Å²) >= 11 is 0. The first-order valence-corrected chi connectivity index (χ1v) is 7.10. The molecule has 0 saturated carbocycles. The van der Waals surface area contributed by atoms with Crippen molar-refractivity contribution in [2.45, 2.75) is 0 Å². The number of hydrogen-bond acceptors (Lipinski definition) is 5. The van der Waals surface area contributed by atoms with E-state index >= 15 is 0 Å². The van der Waals surface area contributed by atoms with Gasteiger partial charge in [-0.3, -0.25) is 4.98 Å². The summed E-state index contributed by atoms with van der Waals surface area (Å²) in [5.41, 5.74) is 3.57. The van der Waals surface area contributed by atoms with E-state index in [-0.39, 0.29) is 0 Å². The first-order chi connectivity index (χ1) is 11.4. The minimum Gasteiger partial charge on any atom is -0.253 e. The van der Waals surface area contributed by atoms with E-state index in [2.05, 4.69) is 25.0 Å². The Balaban J connectivity index is 1.68. The van der Waals surface area contributed by atoms with Gasteiger partial charge in [0, 0.05) is 18.0 Å². The van der Waals surface area contributed by atoms with Gasteiger partial charge in [-0.1, -0.05) is 18.2 Å². The fraction of sp³-hybridized carbons (Fsp3) is 0. The van der Waals surface area contributed by atoms with Crippen molar-refractivity contribution in [3.8, 4) is 28.5 Å². The molecule has 0 spiro atoms. The van der Waals surface area contributed by atoms with Crippen LogP contribution in [0.15, 0.2) is 73.6 Å². The van der Waals surface area contributed by atoms with Crippen molar-refractivity contribution in [1.82, 2.24) is 29.7 Å². The lowest BCUT2D eigenvalue weighted by Gasteiger charge is -2.05. The van der Waals surface area contributed by atoms with Crippen molar-refractivity contribution in [3.05, 3.63) is 73.6 Å². The van der Waals surface area contributed by atoms with Gasteiger partial charge in [0.2, 0.25) is 0 Å². The molecule has 0 radical (unpaired) electrons. The lowest BCUT2D eigenvalue weighted by molar-refractivity contribution is 0.879. The van der Waals surface area contributed by atoms with E-state index in [1.165, 1.54) is 6.33 Å². The highest BCUT2D eigenvalue weighted by Gasteiger charge is 2.06. The first-order valence-electron chi connectivity index (χ1n) is 7.10. The van der Waals surface area contributed by atoms with E-state index in [0.717, 1.165) is 22.6 Å². The fourth-order valence-corrected chi connectivity index (χ4v) is 2.26. The minimum atomic E-state index is 0.614. The SMILES string of the molecule is c1ccc(-c2nccc(-c3ccc(-n4cncn4)cc3)n2)nc1. The summed E-state index contributed by atoms with van der Waals surface area (Å²) in [6.07, 6.45) is 6.66. The van der Waals surface area contributed by atoms with Crippen LogP contribution in [-0.2, 0) is 0 Å². The van der Waals surface area contributed by atoms with E-state index in [1.54, 1.807) is 23.4 Å². The predicted octanol–water partition coefficient (Wildman–Crippen LogP) is 2.79. The van der Waals surface area contributed by atoms with Gasteiger partial charge in [-0.2, -0.15) is 5.10 Å². The van der Waals surface area contributed by atoms with Gasteiger partial charge in [-0.15, -0.1) is 0 Å². The molecule has 0 aliphatic rings. The molecular weight excluding hydrogens is 288 g/mol. The Morgan fingerprint density at radius 3 is 2.43 bits per heavy atom. The first kappa shape index (κ1) is 13.3.